The largest absolute Gasteiger partial charge is 0.378 e. The molecule has 172 valence electrons. The number of aryl methyl sites for hydroxylation is 1. The van der Waals surface area contributed by atoms with Gasteiger partial charge in [-0.05, 0) is 48.9 Å². The fourth-order valence-electron chi connectivity index (χ4n) is 3.20. The number of carbonyl (C=O) groups is 3. The minimum absolute atomic E-state index is 0.0584. The minimum atomic E-state index is -4.17. The monoisotopic (exact) mass is 496 g/mol. The summed E-state index contributed by atoms with van der Waals surface area (Å²) in [5, 5.41) is 2.45. The molecule has 1 aliphatic rings. The first-order chi connectivity index (χ1) is 16.2. The van der Waals surface area contributed by atoms with Crippen molar-refractivity contribution in [3.8, 4) is 5.75 Å². The Labute approximate surface area is 200 Å². The average molecular weight is 497 g/mol. The predicted molar refractivity (Wildman–Crippen MR) is 126 cm³/mol. The third-order valence-electron chi connectivity index (χ3n) is 4.97. The number of nitrogens with one attached hydrogen (secondary N) is 1. The lowest BCUT2D eigenvalue weighted by molar-refractivity contribution is -0.122. The number of barbiturate groups is 1. The standard InChI is InChI=1S/C24H17ClN2O6S/c1-15-11-12-17(14-20(15)25)27-23(29)19(22(28)26-24(27)30)13-16-7-5-6-10-21(16)33-34(31,32)18-8-3-2-4-9-18/h2-14H,1H3,(H,26,28,30)/b19-13+. The molecule has 0 bridgehead atoms. The fraction of sp³-hybridized carbons (Fsp3) is 0.0417. The third kappa shape index (κ3) is 4.57. The maximum Gasteiger partial charge on any atom is 0.339 e. The summed E-state index contributed by atoms with van der Waals surface area (Å²) < 4.78 is 30.6. The molecule has 1 fully saturated rings. The van der Waals surface area contributed by atoms with Crippen LogP contribution < -0.4 is 14.4 Å². The Bertz CT molecular complexity index is 1450. The Balaban J connectivity index is 1.72. The molecular weight excluding hydrogens is 480 g/mol. The lowest BCUT2D eigenvalue weighted by Gasteiger charge is -2.26. The highest BCUT2D eigenvalue weighted by Gasteiger charge is 2.37. The molecule has 0 aromatic heterocycles. The second-order valence-corrected chi connectivity index (χ2v) is 9.23. The molecule has 1 aliphatic heterocycles. The Morgan fingerprint density at radius 3 is 2.32 bits per heavy atom. The zero-order chi connectivity index (χ0) is 24.5. The molecule has 34 heavy (non-hydrogen) atoms. The molecular formula is C24H17ClN2O6S. The van der Waals surface area contributed by atoms with Gasteiger partial charge in [0.1, 0.15) is 16.2 Å². The number of anilines is 1. The van der Waals surface area contributed by atoms with Gasteiger partial charge in [0.2, 0.25) is 0 Å². The Morgan fingerprint density at radius 1 is 0.941 bits per heavy atom. The maximum absolute atomic E-state index is 13.1. The van der Waals surface area contributed by atoms with Crippen LogP contribution in [0.25, 0.3) is 6.08 Å². The SMILES string of the molecule is Cc1ccc(N2C(=O)NC(=O)/C(=C\c3ccccc3OS(=O)(=O)c3ccccc3)C2=O)cc1Cl. The number of imide groups is 2. The number of hydrogen-bond donors (Lipinski definition) is 1. The van der Waals surface area contributed by atoms with Crippen molar-refractivity contribution in [1.82, 2.24) is 5.32 Å². The summed E-state index contributed by atoms with van der Waals surface area (Å²) in [6, 6.07) is 17.2. The van der Waals surface area contributed by atoms with Crippen molar-refractivity contribution in [2.45, 2.75) is 11.8 Å². The van der Waals surface area contributed by atoms with Crippen LogP contribution in [0.2, 0.25) is 5.02 Å². The van der Waals surface area contributed by atoms with Gasteiger partial charge in [0.15, 0.2) is 0 Å². The molecule has 0 saturated carbocycles. The fourth-order valence-corrected chi connectivity index (χ4v) is 4.35. The zero-order valence-corrected chi connectivity index (χ0v) is 19.3. The molecule has 8 nitrogen and oxygen atoms in total. The van der Waals surface area contributed by atoms with Gasteiger partial charge < -0.3 is 4.18 Å². The number of benzene rings is 3. The van der Waals surface area contributed by atoms with Crippen LogP contribution in [-0.2, 0) is 19.7 Å². The van der Waals surface area contributed by atoms with Gasteiger partial charge >= 0.3 is 16.1 Å². The highest BCUT2D eigenvalue weighted by Crippen LogP contribution is 2.29. The van der Waals surface area contributed by atoms with E-state index in [1.54, 1.807) is 43.3 Å². The van der Waals surface area contributed by atoms with Crippen molar-refractivity contribution in [1.29, 1.82) is 0 Å². The summed E-state index contributed by atoms with van der Waals surface area (Å²) in [6.07, 6.45) is 1.17. The van der Waals surface area contributed by atoms with Crippen molar-refractivity contribution in [3.63, 3.8) is 0 Å². The van der Waals surface area contributed by atoms with Gasteiger partial charge in [-0.1, -0.05) is 54.1 Å². The van der Waals surface area contributed by atoms with E-state index in [0.29, 0.717) is 5.02 Å². The van der Waals surface area contributed by atoms with E-state index in [0.717, 1.165) is 10.5 Å². The van der Waals surface area contributed by atoms with Crippen molar-refractivity contribution in [2.24, 2.45) is 0 Å². The lowest BCUT2D eigenvalue weighted by atomic mass is 10.1. The Morgan fingerprint density at radius 2 is 1.62 bits per heavy atom. The van der Waals surface area contributed by atoms with Gasteiger partial charge in [0.25, 0.3) is 11.8 Å². The van der Waals surface area contributed by atoms with Gasteiger partial charge in [-0.15, -0.1) is 0 Å². The summed E-state index contributed by atoms with van der Waals surface area (Å²) >= 11 is 6.13. The predicted octanol–water partition coefficient (Wildman–Crippen LogP) is 4.08. The van der Waals surface area contributed by atoms with E-state index in [2.05, 4.69) is 5.32 Å². The second-order valence-electron chi connectivity index (χ2n) is 7.28. The topological polar surface area (TPSA) is 110 Å². The van der Waals surface area contributed by atoms with E-state index in [1.165, 1.54) is 42.5 Å². The van der Waals surface area contributed by atoms with Gasteiger partial charge in [-0.2, -0.15) is 8.42 Å². The lowest BCUT2D eigenvalue weighted by Crippen LogP contribution is -2.54. The molecule has 1 saturated heterocycles. The summed E-state index contributed by atoms with van der Waals surface area (Å²) in [4.78, 5) is 38.8. The minimum Gasteiger partial charge on any atom is -0.378 e. The number of nitrogens with zero attached hydrogens (tertiary/aromatic N) is 1. The first-order valence-corrected chi connectivity index (χ1v) is 11.7. The van der Waals surface area contributed by atoms with Crippen molar-refractivity contribution < 1.29 is 27.0 Å². The van der Waals surface area contributed by atoms with E-state index in [-0.39, 0.29) is 27.5 Å². The molecule has 0 aliphatic carbocycles. The van der Waals surface area contributed by atoms with E-state index in [4.69, 9.17) is 15.8 Å². The smallest absolute Gasteiger partial charge is 0.339 e. The van der Waals surface area contributed by atoms with Crippen LogP contribution in [0, 0.1) is 6.92 Å². The number of carbonyl (C=O) groups excluding carboxylic acids is 3. The first kappa shape index (κ1) is 23.2. The highest BCUT2D eigenvalue weighted by atomic mass is 35.5. The number of para-hydroxylation sites is 1. The van der Waals surface area contributed by atoms with Crippen LogP contribution in [-0.4, -0.2) is 26.3 Å². The first-order valence-electron chi connectivity index (χ1n) is 9.93. The Kier molecular flexibility index (Phi) is 6.23. The molecule has 4 amide bonds. The molecule has 1 heterocycles. The van der Waals surface area contributed by atoms with Crippen molar-refractivity contribution >= 4 is 51.3 Å². The molecule has 1 N–H and O–H groups in total. The molecule has 10 heteroatoms. The molecule has 3 aromatic carbocycles. The van der Waals surface area contributed by atoms with Crippen LogP contribution in [0.5, 0.6) is 5.75 Å². The maximum atomic E-state index is 13.1. The summed E-state index contributed by atoms with van der Waals surface area (Å²) in [6.45, 7) is 1.76. The second kappa shape index (κ2) is 9.12. The number of amides is 4. The van der Waals surface area contributed by atoms with Crippen LogP contribution in [0.4, 0.5) is 10.5 Å². The highest BCUT2D eigenvalue weighted by molar-refractivity contribution is 7.87. The number of hydrogen-bond acceptors (Lipinski definition) is 6. The molecule has 0 atom stereocenters. The van der Waals surface area contributed by atoms with Crippen LogP contribution >= 0.6 is 11.6 Å². The van der Waals surface area contributed by atoms with E-state index in [9.17, 15) is 22.8 Å². The molecule has 3 aromatic rings. The van der Waals surface area contributed by atoms with Crippen molar-refractivity contribution in [2.75, 3.05) is 4.90 Å². The molecule has 0 radical (unpaired) electrons. The van der Waals surface area contributed by atoms with E-state index in [1.807, 2.05) is 0 Å². The van der Waals surface area contributed by atoms with Crippen LogP contribution in [0.1, 0.15) is 11.1 Å². The Hall–Kier alpha value is -3.95. The van der Waals surface area contributed by atoms with Crippen molar-refractivity contribution in [3.05, 3.63) is 94.5 Å². The third-order valence-corrected chi connectivity index (χ3v) is 6.62. The summed E-state index contributed by atoms with van der Waals surface area (Å²) in [7, 11) is -4.17. The van der Waals surface area contributed by atoms with Gasteiger partial charge in [-0.25, -0.2) is 9.69 Å². The quantitative estimate of drug-likeness (QED) is 0.324. The molecule has 0 spiro atoms. The number of urea groups is 1. The summed E-state index contributed by atoms with van der Waals surface area (Å²) in [5.74, 6) is -1.92. The van der Waals surface area contributed by atoms with Gasteiger partial charge in [0, 0.05) is 10.6 Å². The van der Waals surface area contributed by atoms with Crippen LogP contribution in [0.15, 0.2) is 83.3 Å². The summed E-state index contributed by atoms with van der Waals surface area (Å²) in [5.41, 5.74) is 0.682. The van der Waals surface area contributed by atoms with E-state index < -0.39 is 28.0 Å². The molecule has 0 unspecified atom stereocenters. The molecule has 4 rings (SSSR count). The van der Waals surface area contributed by atoms with E-state index >= 15 is 0 Å². The van der Waals surface area contributed by atoms with Gasteiger partial charge in [-0.3, -0.25) is 14.9 Å². The number of halogens is 1. The van der Waals surface area contributed by atoms with Crippen LogP contribution in [0.3, 0.4) is 0 Å². The average Bonchev–Trinajstić information content (AvgIpc) is 2.80. The zero-order valence-electron chi connectivity index (χ0n) is 17.7. The van der Waals surface area contributed by atoms with Gasteiger partial charge in [0.05, 0.1) is 5.69 Å². The normalized spacial score (nSPS) is 15.4. The number of rotatable bonds is 5.